The summed E-state index contributed by atoms with van der Waals surface area (Å²) in [6.45, 7) is -0.524. The predicted molar refractivity (Wildman–Crippen MR) is 112 cm³/mol. The van der Waals surface area contributed by atoms with Gasteiger partial charge in [-0.05, 0) is 35.9 Å². The fraction of sp³-hybridized carbons (Fsp3) is 0.250. The Kier molecular flexibility index (Phi) is 8.76. The van der Waals surface area contributed by atoms with E-state index in [0.717, 1.165) is 11.0 Å². The van der Waals surface area contributed by atoms with E-state index in [-0.39, 0.29) is 28.8 Å². The van der Waals surface area contributed by atoms with Crippen LogP contribution in [0.1, 0.15) is 5.56 Å². The lowest BCUT2D eigenvalue weighted by Gasteiger charge is -2.20. The second kappa shape index (κ2) is 11.1. The highest BCUT2D eigenvalue weighted by molar-refractivity contribution is 7.92. The van der Waals surface area contributed by atoms with Crippen LogP contribution in [-0.2, 0) is 19.6 Å². The Bertz CT molecular complexity index is 983. The zero-order valence-electron chi connectivity index (χ0n) is 16.1. The Labute approximate surface area is 179 Å². The summed E-state index contributed by atoms with van der Waals surface area (Å²) in [7, 11) is -2.44. The first kappa shape index (κ1) is 23.8. The number of methoxy groups -OCH3 is 1. The van der Waals surface area contributed by atoms with Gasteiger partial charge < -0.3 is 9.64 Å². The van der Waals surface area contributed by atoms with Crippen LogP contribution in [-0.4, -0.2) is 52.5 Å². The lowest BCUT2D eigenvalue weighted by atomic mass is 10.2. The Morgan fingerprint density at radius 2 is 1.87 bits per heavy atom. The van der Waals surface area contributed by atoms with Crippen molar-refractivity contribution in [3.63, 3.8) is 0 Å². The summed E-state index contributed by atoms with van der Waals surface area (Å²) in [5, 5.41) is 0.265. The molecular weight excluding hydrogens is 438 g/mol. The van der Waals surface area contributed by atoms with Gasteiger partial charge >= 0.3 is 0 Å². The Balaban J connectivity index is 2.09. The van der Waals surface area contributed by atoms with Crippen LogP contribution < -0.4 is 4.72 Å². The minimum atomic E-state index is -3.85. The standard InChI is InChI=1S/C20H21ClF2N2O4S/c1-29-13-12-25(14-19(22)23)20(26)11-8-15-6-9-16(10-7-15)30(27,28)24-18-5-3-2-4-17(18)21/h2-11,19,24H,12-14H2,1H3/b11-8+. The number of rotatable bonds is 10. The molecule has 162 valence electrons. The molecule has 2 rings (SSSR count). The average Bonchev–Trinajstić information content (AvgIpc) is 2.71. The molecule has 0 atom stereocenters. The van der Waals surface area contributed by atoms with Gasteiger partial charge in [-0.25, -0.2) is 17.2 Å². The summed E-state index contributed by atoms with van der Waals surface area (Å²) in [5.74, 6) is -0.593. The molecule has 10 heteroatoms. The maximum absolute atomic E-state index is 12.6. The molecule has 0 aliphatic carbocycles. The minimum Gasteiger partial charge on any atom is -0.383 e. The van der Waals surface area contributed by atoms with Crippen molar-refractivity contribution in [2.75, 3.05) is 31.5 Å². The van der Waals surface area contributed by atoms with Crippen molar-refractivity contribution in [3.05, 3.63) is 65.2 Å². The highest BCUT2D eigenvalue weighted by atomic mass is 35.5. The molecular formula is C20H21ClF2N2O4S. The van der Waals surface area contributed by atoms with Crippen molar-refractivity contribution < 1.29 is 26.7 Å². The molecule has 0 spiro atoms. The van der Waals surface area contributed by atoms with Crippen LogP contribution in [0.25, 0.3) is 6.08 Å². The predicted octanol–water partition coefficient (Wildman–Crippen LogP) is 3.89. The van der Waals surface area contributed by atoms with E-state index in [4.69, 9.17) is 16.3 Å². The van der Waals surface area contributed by atoms with E-state index in [0.29, 0.717) is 5.56 Å². The molecule has 0 aliphatic rings. The first-order valence-electron chi connectivity index (χ1n) is 8.84. The van der Waals surface area contributed by atoms with Gasteiger partial charge in [0, 0.05) is 19.7 Å². The number of amides is 1. The molecule has 2 aromatic rings. The lowest BCUT2D eigenvalue weighted by molar-refractivity contribution is -0.128. The highest BCUT2D eigenvalue weighted by Gasteiger charge is 2.17. The summed E-state index contributed by atoms with van der Waals surface area (Å²) in [6.07, 6.45) is -0.0796. The van der Waals surface area contributed by atoms with Crippen molar-refractivity contribution in [1.82, 2.24) is 4.90 Å². The molecule has 0 aliphatic heterocycles. The van der Waals surface area contributed by atoms with E-state index >= 15 is 0 Å². The lowest BCUT2D eigenvalue weighted by Crippen LogP contribution is -2.36. The summed E-state index contributed by atoms with van der Waals surface area (Å²) < 4.78 is 57.5. The maximum atomic E-state index is 12.6. The Hall–Kier alpha value is -2.49. The van der Waals surface area contributed by atoms with E-state index in [2.05, 4.69) is 4.72 Å². The third-order valence-corrected chi connectivity index (χ3v) is 5.67. The monoisotopic (exact) mass is 458 g/mol. The maximum Gasteiger partial charge on any atom is 0.261 e. The number of carbonyl (C=O) groups excluding carboxylic acids is 1. The molecule has 1 N–H and O–H groups in total. The SMILES string of the molecule is COCCN(CC(F)F)C(=O)/C=C/c1ccc(S(=O)(=O)Nc2ccccc2Cl)cc1. The van der Waals surface area contributed by atoms with Crippen LogP contribution in [0.2, 0.25) is 5.02 Å². The molecule has 0 saturated heterocycles. The summed E-state index contributed by atoms with van der Waals surface area (Å²) in [6, 6.07) is 12.2. The van der Waals surface area contributed by atoms with Gasteiger partial charge in [0.05, 0.1) is 28.8 Å². The van der Waals surface area contributed by atoms with E-state index in [9.17, 15) is 22.0 Å². The normalized spacial score (nSPS) is 11.8. The molecule has 0 fully saturated rings. The zero-order chi connectivity index (χ0) is 22.1. The van der Waals surface area contributed by atoms with E-state index < -0.39 is 28.9 Å². The number of ether oxygens (including phenoxy) is 1. The molecule has 1 amide bonds. The fourth-order valence-electron chi connectivity index (χ4n) is 2.44. The number of hydrogen-bond acceptors (Lipinski definition) is 4. The molecule has 0 unspecified atom stereocenters. The Morgan fingerprint density at radius 1 is 1.20 bits per heavy atom. The number of para-hydroxylation sites is 1. The van der Waals surface area contributed by atoms with Gasteiger partial charge in [-0.2, -0.15) is 0 Å². The number of alkyl halides is 2. The molecule has 0 heterocycles. The van der Waals surface area contributed by atoms with Crippen LogP contribution in [0.15, 0.2) is 59.5 Å². The van der Waals surface area contributed by atoms with Crippen molar-refractivity contribution in [2.24, 2.45) is 0 Å². The smallest absolute Gasteiger partial charge is 0.261 e. The molecule has 0 saturated carbocycles. The van der Waals surface area contributed by atoms with Crippen LogP contribution in [0, 0.1) is 0 Å². The van der Waals surface area contributed by atoms with Crippen LogP contribution in [0.3, 0.4) is 0 Å². The van der Waals surface area contributed by atoms with Crippen molar-refractivity contribution >= 4 is 39.3 Å². The number of nitrogens with one attached hydrogen (secondary N) is 1. The van der Waals surface area contributed by atoms with Crippen LogP contribution >= 0.6 is 11.6 Å². The summed E-state index contributed by atoms with van der Waals surface area (Å²) >= 11 is 5.98. The largest absolute Gasteiger partial charge is 0.383 e. The second-order valence-electron chi connectivity index (χ2n) is 6.16. The zero-order valence-corrected chi connectivity index (χ0v) is 17.7. The molecule has 6 nitrogen and oxygen atoms in total. The van der Waals surface area contributed by atoms with Crippen LogP contribution in [0.5, 0.6) is 0 Å². The van der Waals surface area contributed by atoms with Gasteiger partial charge in [0.25, 0.3) is 16.4 Å². The van der Waals surface area contributed by atoms with Gasteiger partial charge in [0.1, 0.15) is 0 Å². The van der Waals surface area contributed by atoms with Crippen molar-refractivity contribution in [1.29, 1.82) is 0 Å². The third-order valence-electron chi connectivity index (χ3n) is 3.96. The number of nitrogens with zero attached hydrogens (tertiary/aromatic N) is 1. The second-order valence-corrected chi connectivity index (χ2v) is 8.25. The van der Waals surface area contributed by atoms with Gasteiger partial charge in [-0.1, -0.05) is 35.9 Å². The van der Waals surface area contributed by atoms with Crippen LogP contribution in [0.4, 0.5) is 14.5 Å². The van der Waals surface area contributed by atoms with Gasteiger partial charge in [0.15, 0.2) is 0 Å². The van der Waals surface area contributed by atoms with E-state index in [1.165, 1.54) is 43.5 Å². The third kappa shape index (κ3) is 7.08. The minimum absolute atomic E-state index is 0.00492. The molecule has 0 bridgehead atoms. The van der Waals surface area contributed by atoms with Gasteiger partial charge in [0.2, 0.25) is 5.91 Å². The number of hydrogen-bond donors (Lipinski definition) is 1. The van der Waals surface area contributed by atoms with Crippen molar-refractivity contribution in [3.8, 4) is 0 Å². The molecule has 2 aromatic carbocycles. The van der Waals surface area contributed by atoms with Crippen molar-refractivity contribution in [2.45, 2.75) is 11.3 Å². The molecule has 30 heavy (non-hydrogen) atoms. The number of anilines is 1. The summed E-state index contributed by atoms with van der Waals surface area (Å²) in [4.78, 5) is 13.1. The highest BCUT2D eigenvalue weighted by Crippen LogP contribution is 2.24. The molecule has 0 aromatic heterocycles. The number of sulfonamides is 1. The Morgan fingerprint density at radius 3 is 2.47 bits per heavy atom. The quantitative estimate of drug-likeness (QED) is 0.548. The van der Waals surface area contributed by atoms with E-state index in [1.54, 1.807) is 18.2 Å². The first-order valence-corrected chi connectivity index (χ1v) is 10.7. The molecule has 0 radical (unpaired) electrons. The first-order chi connectivity index (χ1) is 14.2. The average molecular weight is 459 g/mol. The topological polar surface area (TPSA) is 75.7 Å². The van der Waals surface area contributed by atoms with Gasteiger partial charge in [-0.15, -0.1) is 0 Å². The number of carbonyl (C=O) groups is 1. The fourth-order valence-corrected chi connectivity index (χ4v) is 3.76. The van der Waals surface area contributed by atoms with Gasteiger partial charge in [-0.3, -0.25) is 9.52 Å². The summed E-state index contributed by atoms with van der Waals surface area (Å²) in [5.41, 5.74) is 0.785. The number of benzene rings is 2. The number of halogens is 3. The van der Waals surface area contributed by atoms with E-state index in [1.807, 2.05) is 0 Å².